The minimum absolute atomic E-state index is 0.0106. The van der Waals surface area contributed by atoms with Gasteiger partial charge in [0, 0.05) is 12.8 Å². The molecule has 0 bridgehead atoms. The zero-order valence-electron chi connectivity index (χ0n) is 49.4. The Balaban J connectivity index is 3.44. The third-order valence-corrected chi connectivity index (χ3v) is 15.5. The van der Waals surface area contributed by atoms with Crippen LogP contribution < -0.4 is 5.32 Å². The Morgan fingerprint density at radius 2 is 0.685 bits per heavy atom. The van der Waals surface area contributed by atoms with Gasteiger partial charge < -0.3 is 20.3 Å². The summed E-state index contributed by atoms with van der Waals surface area (Å²) in [5.41, 5.74) is 0. The van der Waals surface area contributed by atoms with Crippen molar-refractivity contribution in [1.29, 1.82) is 0 Å². The molecule has 0 aromatic rings. The molecular weight excluding hydrogens is 899 g/mol. The quantitative estimate of drug-likeness (QED) is 0.0320. The van der Waals surface area contributed by atoms with Gasteiger partial charge in [-0.2, -0.15) is 0 Å². The van der Waals surface area contributed by atoms with Gasteiger partial charge in [0.1, 0.15) is 0 Å². The lowest BCUT2D eigenvalue weighted by molar-refractivity contribution is -0.143. The molecule has 2 unspecified atom stereocenters. The Morgan fingerprint density at radius 3 is 1.04 bits per heavy atom. The van der Waals surface area contributed by atoms with E-state index in [0.717, 1.165) is 44.9 Å². The molecule has 0 radical (unpaired) electrons. The highest BCUT2D eigenvalue weighted by Crippen LogP contribution is 2.18. The number of ether oxygens (including phenoxy) is 1. The Hall–Kier alpha value is -1.66. The van der Waals surface area contributed by atoms with E-state index in [1.807, 2.05) is 0 Å². The Morgan fingerprint density at radius 1 is 0.384 bits per heavy atom. The minimum atomic E-state index is -0.671. The van der Waals surface area contributed by atoms with Crippen LogP contribution in [-0.4, -0.2) is 47.4 Å². The predicted molar refractivity (Wildman–Crippen MR) is 320 cm³/mol. The first-order valence-electron chi connectivity index (χ1n) is 33.1. The number of carbonyl (C=O) groups is 2. The average Bonchev–Trinajstić information content (AvgIpc) is 3.39. The normalized spacial score (nSPS) is 12.7. The van der Waals surface area contributed by atoms with Crippen LogP contribution in [0.2, 0.25) is 0 Å². The second-order valence-electron chi connectivity index (χ2n) is 22.8. The SMILES string of the molecule is CCCCCCCCCCCCCCCCCCCCC(O)C(CO)NC(=O)CCCCCCCCC/C=C\C/C=C\CCCCCCCCCCCOC(=O)CCCCCCCCCCCCCCCCC. The smallest absolute Gasteiger partial charge is 0.305 e. The van der Waals surface area contributed by atoms with Crippen LogP contribution in [0.4, 0.5) is 0 Å². The number of rotatable bonds is 62. The van der Waals surface area contributed by atoms with Crippen LogP contribution in [-0.2, 0) is 14.3 Å². The van der Waals surface area contributed by atoms with E-state index in [4.69, 9.17) is 4.74 Å². The number of unbranched alkanes of at least 4 members (excludes halogenated alkanes) is 47. The second-order valence-corrected chi connectivity index (χ2v) is 22.8. The monoisotopic (exact) mass is 1030 g/mol. The number of aliphatic hydroxyl groups is 2. The summed E-state index contributed by atoms with van der Waals surface area (Å²) in [7, 11) is 0. The van der Waals surface area contributed by atoms with Crippen LogP contribution >= 0.6 is 0 Å². The molecule has 432 valence electrons. The minimum Gasteiger partial charge on any atom is -0.466 e. The van der Waals surface area contributed by atoms with Crippen LogP contribution in [0.15, 0.2) is 24.3 Å². The van der Waals surface area contributed by atoms with E-state index in [1.54, 1.807) is 0 Å². The van der Waals surface area contributed by atoms with Gasteiger partial charge in [-0.05, 0) is 57.8 Å². The van der Waals surface area contributed by atoms with Crippen LogP contribution in [0.5, 0.6) is 0 Å². The molecule has 73 heavy (non-hydrogen) atoms. The third-order valence-electron chi connectivity index (χ3n) is 15.5. The van der Waals surface area contributed by atoms with Crippen molar-refractivity contribution in [3.8, 4) is 0 Å². The van der Waals surface area contributed by atoms with Gasteiger partial charge in [0.2, 0.25) is 5.91 Å². The van der Waals surface area contributed by atoms with Crippen molar-refractivity contribution in [2.45, 2.75) is 379 Å². The number of allylic oxidation sites excluding steroid dienone is 4. The maximum atomic E-state index is 12.5. The van der Waals surface area contributed by atoms with E-state index in [-0.39, 0.29) is 18.5 Å². The molecular formula is C67H129NO5. The molecule has 0 rings (SSSR count). The van der Waals surface area contributed by atoms with Crippen LogP contribution in [0.1, 0.15) is 367 Å². The molecule has 1 amide bonds. The molecule has 0 aromatic carbocycles. The summed E-state index contributed by atoms with van der Waals surface area (Å²) in [5.74, 6) is -0.0316. The number of hydrogen-bond acceptors (Lipinski definition) is 5. The van der Waals surface area contributed by atoms with Crippen molar-refractivity contribution >= 4 is 11.9 Å². The summed E-state index contributed by atoms with van der Waals surface area (Å²) >= 11 is 0. The topological polar surface area (TPSA) is 95.9 Å². The second kappa shape index (κ2) is 62.9. The van der Waals surface area contributed by atoms with E-state index < -0.39 is 12.1 Å². The lowest BCUT2D eigenvalue weighted by Crippen LogP contribution is -2.45. The van der Waals surface area contributed by atoms with Crippen LogP contribution in [0.3, 0.4) is 0 Å². The number of aliphatic hydroxyl groups excluding tert-OH is 2. The molecule has 0 aromatic heterocycles. The number of esters is 1. The number of nitrogens with one attached hydrogen (secondary N) is 1. The molecule has 0 aliphatic rings. The third kappa shape index (κ3) is 59.4. The molecule has 0 aliphatic carbocycles. The summed E-state index contributed by atoms with van der Waals surface area (Å²) in [6, 6.07) is -0.549. The first-order valence-corrected chi connectivity index (χ1v) is 33.1. The van der Waals surface area contributed by atoms with Gasteiger partial charge in [-0.1, -0.05) is 321 Å². The first kappa shape index (κ1) is 71.3. The molecule has 0 saturated heterocycles. The fourth-order valence-electron chi connectivity index (χ4n) is 10.4. The number of hydrogen-bond donors (Lipinski definition) is 3. The largest absolute Gasteiger partial charge is 0.466 e. The van der Waals surface area contributed by atoms with Gasteiger partial charge in [0.05, 0.1) is 25.4 Å². The van der Waals surface area contributed by atoms with Gasteiger partial charge in [0.15, 0.2) is 0 Å². The molecule has 0 saturated carbocycles. The molecule has 0 heterocycles. The average molecular weight is 1030 g/mol. The maximum absolute atomic E-state index is 12.5. The fraction of sp³-hybridized carbons (Fsp3) is 0.910. The Bertz CT molecular complexity index is 1140. The van der Waals surface area contributed by atoms with Crippen LogP contribution in [0, 0.1) is 0 Å². The number of amides is 1. The lowest BCUT2D eigenvalue weighted by atomic mass is 10.0. The van der Waals surface area contributed by atoms with E-state index in [0.29, 0.717) is 25.9 Å². The summed E-state index contributed by atoms with van der Waals surface area (Å²) in [5, 5.41) is 23.3. The summed E-state index contributed by atoms with van der Waals surface area (Å²) < 4.78 is 5.49. The van der Waals surface area contributed by atoms with Crippen molar-refractivity contribution in [2.24, 2.45) is 0 Å². The van der Waals surface area contributed by atoms with Crippen molar-refractivity contribution in [2.75, 3.05) is 13.2 Å². The fourth-order valence-corrected chi connectivity index (χ4v) is 10.4. The van der Waals surface area contributed by atoms with Crippen molar-refractivity contribution in [1.82, 2.24) is 5.32 Å². The summed E-state index contributed by atoms with van der Waals surface area (Å²) in [6.45, 7) is 4.98. The molecule has 0 spiro atoms. The summed E-state index contributed by atoms with van der Waals surface area (Å²) in [6.07, 6.45) is 77.7. The van der Waals surface area contributed by atoms with Crippen molar-refractivity contribution < 1.29 is 24.5 Å². The molecule has 0 aliphatic heterocycles. The van der Waals surface area contributed by atoms with Crippen LogP contribution in [0.25, 0.3) is 0 Å². The molecule has 6 nitrogen and oxygen atoms in total. The molecule has 3 N–H and O–H groups in total. The highest BCUT2D eigenvalue weighted by molar-refractivity contribution is 5.76. The maximum Gasteiger partial charge on any atom is 0.305 e. The highest BCUT2D eigenvalue weighted by Gasteiger charge is 2.20. The van der Waals surface area contributed by atoms with E-state index in [1.165, 1.54) is 289 Å². The van der Waals surface area contributed by atoms with Gasteiger partial charge in [-0.15, -0.1) is 0 Å². The molecule has 2 atom stereocenters. The molecule has 6 heteroatoms. The first-order chi connectivity index (χ1) is 36.0. The van der Waals surface area contributed by atoms with E-state index >= 15 is 0 Å². The van der Waals surface area contributed by atoms with Crippen molar-refractivity contribution in [3.63, 3.8) is 0 Å². The van der Waals surface area contributed by atoms with Gasteiger partial charge >= 0.3 is 5.97 Å². The van der Waals surface area contributed by atoms with Gasteiger partial charge in [-0.3, -0.25) is 9.59 Å². The standard InChI is InChI=1S/C67H129NO5/c1-3-5-7-9-11-13-15-17-19-20-28-32-35-39-43-47-51-55-59-65(70)64(63-69)68-66(71)60-56-52-48-44-40-36-33-29-26-24-22-21-23-25-27-30-34-38-42-46-50-54-58-62-73-67(72)61-57-53-49-45-41-37-31-18-16-14-12-10-8-6-4-2/h21,23-24,26,64-65,69-70H,3-20,22,25,27-63H2,1-2H3,(H,68,71)/b23-21-,26-24-. The predicted octanol–water partition coefficient (Wildman–Crippen LogP) is 21.0. The molecule has 0 fully saturated rings. The number of carbonyl (C=O) groups excluding carboxylic acids is 2. The Kier molecular flexibility index (Phi) is 61.4. The van der Waals surface area contributed by atoms with E-state index in [9.17, 15) is 19.8 Å². The zero-order valence-corrected chi connectivity index (χ0v) is 49.4. The van der Waals surface area contributed by atoms with Gasteiger partial charge in [0.25, 0.3) is 0 Å². The Labute approximate surface area is 456 Å². The highest BCUT2D eigenvalue weighted by atomic mass is 16.5. The summed E-state index contributed by atoms with van der Waals surface area (Å²) in [4.78, 5) is 24.6. The van der Waals surface area contributed by atoms with Crippen molar-refractivity contribution in [3.05, 3.63) is 24.3 Å². The van der Waals surface area contributed by atoms with Gasteiger partial charge in [-0.25, -0.2) is 0 Å². The lowest BCUT2D eigenvalue weighted by Gasteiger charge is -2.22. The zero-order chi connectivity index (χ0) is 52.9. The van der Waals surface area contributed by atoms with E-state index in [2.05, 4.69) is 43.5 Å².